The van der Waals surface area contributed by atoms with Crippen molar-refractivity contribution in [3.8, 4) is 5.75 Å². The van der Waals surface area contributed by atoms with Gasteiger partial charge in [-0.05, 0) is 41.8 Å². The smallest absolute Gasteiger partial charge is 0.251 e. The lowest BCUT2D eigenvalue weighted by atomic mass is 10.1. The van der Waals surface area contributed by atoms with Crippen LogP contribution in [-0.2, 0) is 17.8 Å². The molecule has 3 aromatic rings. The Hall–Kier alpha value is -3.60. The van der Waals surface area contributed by atoms with Crippen LogP contribution >= 0.6 is 0 Å². The van der Waals surface area contributed by atoms with Crippen molar-refractivity contribution in [1.82, 2.24) is 10.6 Å². The first-order valence-corrected chi connectivity index (χ1v) is 9.56. The van der Waals surface area contributed by atoms with Crippen LogP contribution in [0, 0.1) is 0 Å². The summed E-state index contributed by atoms with van der Waals surface area (Å²) in [6, 6.07) is 26.7. The molecule has 0 fully saturated rings. The van der Waals surface area contributed by atoms with Gasteiger partial charge in [0, 0.05) is 12.1 Å². The van der Waals surface area contributed by atoms with Crippen molar-refractivity contribution in [3.63, 3.8) is 0 Å². The predicted octanol–water partition coefficient (Wildman–Crippen LogP) is 3.35. The van der Waals surface area contributed by atoms with Crippen molar-refractivity contribution >= 4 is 11.8 Å². The lowest BCUT2D eigenvalue weighted by Crippen LogP contribution is -2.37. The zero-order valence-electron chi connectivity index (χ0n) is 16.1. The van der Waals surface area contributed by atoms with E-state index in [-0.39, 0.29) is 18.4 Å². The molecule has 2 amide bonds. The van der Waals surface area contributed by atoms with Gasteiger partial charge in [-0.1, -0.05) is 60.7 Å². The van der Waals surface area contributed by atoms with Gasteiger partial charge in [0.15, 0.2) is 0 Å². The molecule has 0 bridgehead atoms. The fourth-order valence-corrected chi connectivity index (χ4v) is 2.75. The molecule has 5 heteroatoms. The van der Waals surface area contributed by atoms with Gasteiger partial charge in [0.25, 0.3) is 5.91 Å². The third-order valence-electron chi connectivity index (χ3n) is 4.35. The summed E-state index contributed by atoms with van der Waals surface area (Å²) in [5.41, 5.74) is 2.76. The molecule has 3 aromatic carbocycles. The summed E-state index contributed by atoms with van der Waals surface area (Å²) in [6.07, 6.45) is 0.706. The number of ether oxygens (including phenoxy) is 1. The van der Waals surface area contributed by atoms with Gasteiger partial charge in [0.05, 0.1) is 6.54 Å². The number of nitrogens with one attached hydrogen (secondary N) is 2. The summed E-state index contributed by atoms with van der Waals surface area (Å²) >= 11 is 0. The van der Waals surface area contributed by atoms with Crippen LogP contribution in [0.5, 0.6) is 5.75 Å². The number of hydrogen-bond donors (Lipinski definition) is 2. The zero-order chi connectivity index (χ0) is 20.3. The molecule has 2 N–H and O–H groups in total. The standard InChI is InChI=1S/C24H24N2O3/c27-23(17-26-24(28)21-9-5-2-6-10-21)25-16-15-19-11-13-22(14-12-19)29-18-20-7-3-1-4-8-20/h1-14H,15-18H2,(H,25,27)(H,26,28). The third kappa shape index (κ3) is 6.81. The van der Waals surface area contributed by atoms with Crippen molar-refractivity contribution in [2.45, 2.75) is 13.0 Å². The first kappa shape index (κ1) is 20.1. The first-order valence-electron chi connectivity index (χ1n) is 9.56. The highest BCUT2D eigenvalue weighted by Gasteiger charge is 2.07. The Bertz CT molecular complexity index is 910. The van der Waals surface area contributed by atoms with E-state index in [1.807, 2.05) is 60.7 Å². The molecular formula is C24H24N2O3. The second-order valence-electron chi connectivity index (χ2n) is 6.57. The van der Waals surface area contributed by atoms with Gasteiger partial charge in [-0.15, -0.1) is 0 Å². The van der Waals surface area contributed by atoms with Gasteiger partial charge in [-0.2, -0.15) is 0 Å². The molecule has 0 aliphatic heterocycles. The van der Waals surface area contributed by atoms with E-state index in [0.717, 1.165) is 16.9 Å². The largest absolute Gasteiger partial charge is 0.489 e. The average molecular weight is 388 g/mol. The van der Waals surface area contributed by atoms with Gasteiger partial charge in [0.2, 0.25) is 5.91 Å². The minimum Gasteiger partial charge on any atom is -0.489 e. The maximum Gasteiger partial charge on any atom is 0.251 e. The fraction of sp³-hybridized carbons (Fsp3) is 0.167. The molecular weight excluding hydrogens is 364 g/mol. The van der Waals surface area contributed by atoms with Gasteiger partial charge in [-0.25, -0.2) is 0 Å². The van der Waals surface area contributed by atoms with E-state index in [1.54, 1.807) is 24.3 Å². The molecule has 148 valence electrons. The summed E-state index contributed by atoms with van der Waals surface area (Å²) < 4.78 is 5.77. The van der Waals surface area contributed by atoms with Crippen molar-refractivity contribution < 1.29 is 14.3 Å². The maximum absolute atomic E-state index is 11.9. The predicted molar refractivity (Wildman–Crippen MR) is 113 cm³/mol. The highest BCUT2D eigenvalue weighted by atomic mass is 16.5. The summed E-state index contributed by atoms with van der Waals surface area (Å²) in [5.74, 6) is 0.342. The molecule has 0 spiro atoms. The van der Waals surface area contributed by atoms with Gasteiger partial charge in [-0.3, -0.25) is 9.59 Å². The van der Waals surface area contributed by atoms with Crippen LogP contribution in [0.15, 0.2) is 84.9 Å². The lowest BCUT2D eigenvalue weighted by molar-refractivity contribution is -0.120. The molecule has 5 nitrogen and oxygen atoms in total. The molecule has 0 aromatic heterocycles. The Morgan fingerprint density at radius 3 is 2.07 bits per heavy atom. The van der Waals surface area contributed by atoms with Crippen molar-refractivity contribution in [3.05, 3.63) is 102 Å². The molecule has 0 atom stereocenters. The monoisotopic (exact) mass is 388 g/mol. The number of benzene rings is 3. The molecule has 3 rings (SSSR count). The lowest BCUT2D eigenvalue weighted by Gasteiger charge is -2.09. The van der Waals surface area contributed by atoms with E-state index >= 15 is 0 Å². The van der Waals surface area contributed by atoms with E-state index in [1.165, 1.54) is 0 Å². The van der Waals surface area contributed by atoms with Gasteiger partial charge < -0.3 is 15.4 Å². The van der Waals surface area contributed by atoms with Crippen molar-refractivity contribution in [1.29, 1.82) is 0 Å². The maximum atomic E-state index is 11.9. The van der Waals surface area contributed by atoms with Crippen LogP contribution in [0.25, 0.3) is 0 Å². The van der Waals surface area contributed by atoms with E-state index in [9.17, 15) is 9.59 Å². The van der Waals surface area contributed by atoms with Gasteiger partial charge >= 0.3 is 0 Å². The Morgan fingerprint density at radius 1 is 0.724 bits per heavy atom. The number of amides is 2. The van der Waals surface area contributed by atoms with E-state index in [4.69, 9.17) is 4.74 Å². The molecule has 0 saturated carbocycles. The minimum absolute atomic E-state index is 0.0417. The van der Waals surface area contributed by atoms with Crippen LogP contribution in [0.3, 0.4) is 0 Å². The Labute approximate surface area is 170 Å². The summed E-state index contributed by atoms with van der Waals surface area (Å²) in [5, 5.41) is 5.43. The number of rotatable bonds is 9. The summed E-state index contributed by atoms with van der Waals surface area (Å²) in [6.45, 7) is 0.995. The van der Waals surface area contributed by atoms with Crippen LogP contribution in [-0.4, -0.2) is 24.9 Å². The molecule has 0 aliphatic rings. The van der Waals surface area contributed by atoms with Crippen LogP contribution in [0.1, 0.15) is 21.5 Å². The second-order valence-corrected chi connectivity index (χ2v) is 6.57. The molecule has 0 radical (unpaired) electrons. The third-order valence-corrected chi connectivity index (χ3v) is 4.35. The fourth-order valence-electron chi connectivity index (χ4n) is 2.75. The van der Waals surface area contributed by atoms with E-state index in [2.05, 4.69) is 10.6 Å². The van der Waals surface area contributed by atoms with Crippen LogP contribution in [0.4, 0.5) is 0 Å². The molecule has 0 heterocycles. The number of carbonyl (C=O) groups excluding carboxylic acids is 2. The molecule has 29 heavy (non-hydrogen) atoms. The first-order chi connectivity index (χ1) is 14.2. The van der Waals surface area contributed by atoms with Crippen LogP contribution in [0.2, 0.25) is 0 Å². The Morgan fingerprint density at radius 2 is 1.38 bits per heavy atom. The van der Waals surface area contributed by atoms with Crippen LogP contribution < -0.4 is 15.4 Å². The summed E-state index contributed by atoms with van der Waals surface area (Å²) in [7, 11) is 0. The molecule has 0 aliphatic carbocycles. The topological polar surface area (TPSA) is 67.4 Å². The average Bonchev–Trinajstić information content (AvgIpc) is 2.78. The van der Waals surface area contributed by atoms with E-state index < -0.39 is 0 Å². The Kier molecular flexibility index (Phi) is 7.41. The minimum atomic E-state index is -0.258. The van der Waals surface area contributed by atoms with Gasteiger partial charge in [0.1, 0.15) is 12.4 Å². The van der Waals surface area contributed by atoms with E-state index in [0.29, 0.717) is 25.1 Å². The normalized spacial score (nSPS) is 10.2. The number of carbonyl (C=O) groups is 2. The van der Waals surface area contributed by atoms with Crippen molar-refractivity contribution in [2.24, 2.45) is 0 Å². The molecule has 0 unspecified atom stereocenters. The Balaban J connectivity index is 1.34. The molecule has 0 saturated heterocycles. The quantitative estimate of drug-likeness (QED) is 0.591. The number of hydrogen-bond acceptors (Lipinski definition) is 3. The zero-order valence-corrected chi connectivity index (χ0v) is 16.1. The highest BCUT2D eigenvalue weighted by Crippen LogP contribution is 2.14. The SMILES string of the molecule is O=C(CNC(=O)c1ccccc1)NCCc1ccc(OCc2ccccc2)cc1. The summed E-state index contributed by atoms with van der Waals surface area (Å²) in [4.78, 5) is 23.8. The second kappa shape index (κ2) is 10.7. The van der Waals surface area contributed by atoms with Crippen molar-refractivity contribution in [2.75, 3.05) is 13.1 Å². The highest BCUT2D eigenvalue weighted by molar-refractivity contribution is 5.96.